The first-order valence-electron chi connectivity index (χ1n) is 6.25. The number of alkyl halides is 1. The van der Waals surface area contributed by atoms with Gasteiger partial charge in [0.25, 0.3) is 0 Å². The van der Waals surface area contributed by atoms with Crippen molar-refractivity contribution in [2.75, 3.05) is 14.2 Å². The van der Waals surface area contributed by atoms with Crippen LogP contribution >= 0.6 is 23.2 Å². The summed E-state index contributed by atoms with van der Waals surface area (Å²) >= 11 is 11.7. The molecule has 0 saturated carbocycles. The van der Waals surface area contributed by atoms with E-state index in [0.29, 0.717) is 0 Å². The molecular formula is C14H12Cl2FNO4. The lowest BCUT2D eigenvalue weighted by atomic mass is 9.95. The number of benzene rings is 1. The predicted molar refractivity (Wildman–Crippen MR) is 79.4 cm³/mol. The number of hydrogen-bond donors (Lipinski definition) is 0. The first-order chi connectivity index (χ1) is 10.4. The molecule has 22 heavy (non-hydrogen) atoms. The van der Waals surface area contributed by atoms with E-state index in [2.05, 4.69) is 9.73 Å². The van der Waals surface area contributed by atoms with Gasteiger partial charge in [0.05, 0.1) is 25.3 Å². The van der Waals surface area contributed by atoms with Crippen LogP contribution in [0.2, 0.25) is 5.02 Å². The molecule has 0 saturated heterocycles. The van der Waals surface area contributed by atoms with Crippen molar-refractivity contribution < 1.29 is 23.5 Å². The SMILES string of the molecule is COC(=O)C1=NC(c2ccc(Cl)c(OC)c2F)CC(=O)C1Cl. The topological polar surface area (TPSA) is 65.0 Å². The molecule has 5 nitrogen and oxygen atoms in total. The fourth-order valence-corrected chi connectivity index (χ4v) is 2.62. The molecule has 0 N–H and O–H groups in total. The standard InChI is InChI=1S/C14H12Cl2FNO4/c1-21-13-7(15)4-3-6(11(13)17)8-5-9(19)10(16)12(18-8)14(20)22-2/h3-4,8,10H,5H2,1-2H3. The summed E-state index contributed by atoms with van der Waals surface area (Å²) in [6.45, 7) is 0. The highest BCUT2D eigenvalue weighted by atomic mass is 35.5. The number of nitrogens with zero attached hydrogens (tertiary/aromatic N) is 1. The Bertz CT molecular complexity index is 662. The number of methoxy groups -OCH3 is 2. The van der Waals surface area contributed by atoms with Gasteiger partial charge in [0.1, 0.15) is 11.1 Å². The Labute approximate surface area is 136 Å². The van der Waals surface area contributed by atoms with Crippen LogP contribution in [0.1, 0.15) is 18.0 Å². The Hall–Kier alpha value is -1.66. The number of aliphatic imine (C=N–C) groups is 1. The van der Waals surface area contributed by atoms with Crippen molar-refractivity contribution in [1.82, 2.24) is 0 Å². The van der Waals surface area contributed by atoms with E-state index in [-0.39, 0.29) is 28.5 Å². The molecule has 0 fully saturated rings. The zero-order valence-corrected chi connectivity index (χ0v) is 13.2. The van der Waals surface area contributed by atoms with E-state index in [0.717, 1.165) is 7.11 Å². The number of ketones is 1. The molecule has 1 aromatic rings. The van der Waals surface area contributed by atoms with Crippen LogP contribution in [0, 0.1) is 5.82 Å². The van der Waals surface area contributed by atoms with E-state index in [4.69, 9.17) is 27.9 Å². The molecule has 0 radical (unpaired) electrons. The number of Topliss-reactive ketones (excluding diaryl/α,β-unsaturated/α-hetero) is 1. The van der Waals surface area contributed by atoms with E-state index in [9.17, 15) is 14.0 Å². The first-order valence-corrected chi connectivity index (χ1v) is 7.06. The molecule has 118 valence electrons. The fourth-order valence-electron chi connectivity index (χ4n) is 2.16. The van der Waals surface area contributed by atoms with Crippen molar-refractivity contribution in [3.05, 3.63) is 28.5 Å². The van der Waals surface area contributed by atoms with Gasteiger partial charge in [-0.1, -0.05) is 17.7 Å². The summed E-state index contributed by atoms with van der Waals surface area (Å²) in [4.78, 5) is 27.6. The highest BCUT2D eigenvalue weighted by Gasteiger charge is 2.36. The summed E-state index contributed by atoms with van der Waals surface area (Å²) in [5.41, 5.74) is -0.140. The van der Waals surface area contributed by atoms with Crippen molar-refractivity contribution in [1.29, 1.82) is 0 Å². The van der Waals surface area contributed by atoms with Gasteiger partial charge in [-0.15, -0.1) is 11.6 Å². The highest BCUT2D eigenvalue weighted by molar-refractivity contribution is 6.56. The van der Waals surface area contributed by atoms with Gasteiger partial charge in [-0.05, 0) is 6.07 Å². The molecule has 1 aliphatic rings. The van der Waals surface area contributed by atoms with Gasteiger partial charge in [-0.25, -0.2) is 9.18 Å². The summed E-state index contributed by atoms with van der Waals surface area (Å²) in [5.74, 6) is -2.13. The Morgan fingerprint density at radius 1 is 1.41 bits per heavy atom. The molecule has 0 aliphatic carbocycles. The second-order valence-corrected chi connectivity index (χ2v) is 5.38. The zero-order valence-electron chi connectivity index (χ0n) is 11.7. The van der Waals surface area contributed by atoms with Crippen LogP contribution in [0.5, 0.6) is 5.75 Å². The maximum absolute atomic E-state index is 14.4. The van der Waals surface area contributed by atoms with Crippen molar-refractivity contribution in [2.24, 2.45) is 4.99 Å². The molecule has 2 unspecified atom stereocenters. The fraction of sp³-hybridized carbons (Fsp3) is 0.357. The molecule has 0 amide bonds. The average Bonchev–Trinajstić information content (AvgIpc) is 2.50. The lowest BCUT2D eigenvalue weighted by Crippen LogP contribution is -2.37. The maximum atomic E-state index is 14.4. The lowest BCUT2D eigenvalue weighted by molar-refractivity contribution is -0.133. The summed E-state index contributed by atoms with van der Waals surface area (Å²) in [7, 11) is 2.42. The molecule has 1 heterocycles. The largest absolute Gasteiger partial charge is 0.492 e. The van der Waals surface area contributed by atoms with E-state index in [1.54, 1.807) is 0 Å². The third-order valence-corrected chi connectivity index (χ3v) is 4.00. The maximum Gasteiger partial charge on any atom is 0.354 e. The predicted octanol–water partition coefficient (Wildman–Crippen LogP) is 2.72. The number of hydrogen-bond acceptors (Lipinski definition) is 5. The number of ether oxygens (including phenoxy) is 2. The third kappa shape index (κ3) is 2.94. The molecule has 8 heteroatoms. The molecule has 0 aromatic heterocycles. The van der Waals surface area contributed by atoms with E-state index >= 15 is 0 Å². The molecule has 1 aromatic carbocycles. The van der Waals surface area contributed by atoms with Crippen molar-refractivity contribution in [3.63, 3.8) is 0 Å². The van der Waals surface area contributed by atoms with E-state index < -0.39 is 29.0 Å². The second kappa shape index (κ2) is 6.62. The number of esters is 1. The Balaban J connectivity index is 2.51. The molecular weight excluding hydrogens is 336 g/mol. The monoisotopic (exact) mass is 347 g/mol. The van der Waals surface area contributed by atoms with Crippen LogP contribution in [-0.4, -0.2) is 37.1 Å². The number of halogens is 3. The lowest BCUT2D eigenvalue weighted by Gasteiger charge is -2.23. The van der Waals surface area contributed by atoms with Gasteiger partial charge >= 0.3 is 5.97 Å². The molecule has 1 aliphatic heterocycles. The highest BCUT2D eigenvalue weighted by Crippen LogP contribution is 2.36. The summed E-state index contributed by atoms with van der Waals surface area (Å²) in [6, 6.07) is 1.94. The average molecular weight is 348 g/mol. The Morgan fingerprint density at radius 3 is 2.68 bits per heavy atom. The van der Waals surface area contributed by atoms with E-state index in [1.807, 2.05) is 0 Å². The zero-order chi connectivity index (χ0) is 16.4. The van der Waals surface area contributed by atoms with Gasteiger partial charge in [0, 0.05) is 12.0 Å². The normalized spacial score (nSPS) is 21.3. The molecule has 0 bridgehead atoms. The van der Waals surface area contributed by atoms with Gasteiger partial charge in [0.15, 0.2) is 17.3 Å². The van der Waals surface area contributed by atoms with Gasteiger partial charge in [-0.3, -0.25) is 9.79 Å². The minimum Gasteiger partial charge on any atom is -0.492 e. The third-order valence-electron chi connectivity index (χ3n) is 3.25. The van der Waals surface area contributed by atoms with Gasteiger partial charge in [-0.2, -0.15) is 0 Å². The van der Waals surface area contributed by atoms with Crippen LogP contribution in [0.3, 0.4) is 0 Å². The summed E-state index contributed by atoms with van der Waals surface area (Å²) in [6.07, 6.45) is -0.129. The Morgan fingerprint density at radius 2 is 2.09 bits per heavy atom. The molecule has 0 spiro atoms. The number of carbonyl (C=O) groups is 2. The summed E-state index contributed by atoms with van der Waals surface area (Å²) < 4.78 is 23.8. The molecule has 2 rings (SSSR count). The minimum atomic E-state index is -1.19. The minimum absolute atomic E-state index is 0.0956. The van der Waals surface area contributed by atoms with Crippen LogP contribution in [0.4, 0.5) is 4.39 Å². The second-order valence-electron chi connectivity index (χ2n) is 4.54. The first kappa shape index (κ1) is 16.7. The van der Waals surface area contributed by atoms with Crippen molar-refractivity contribution >= 4 is 40.7 Å². The van der Waals surface area contributed by atoms with Gasteiger partial charge < -0.3 is 9.47 Å². The summed E-state index contributed by atoms with van der Waals surface area (Å²) in [5, 5.41) is -1.10. The van der Waals surface area contributed by atoms with Crippen LogP contribution in [0.15, 0.2) is 17.1 Å². The quantitative estimate of drug-likeness (QED) is 0.622. The van der Waals surface area contributed by atoms with Crippen LogP contribution < -0.4 is 4.74 Å². The van der Waals surface area contributed by atoms with E-state index in [1.165, 1.54) is 19.2 Å². The Kier molecular flexibility index (Phi) is 5.03. The van der Waals surface area contributed by atoms with Crippen molar-refractivity contribution in [2.45, 2.75) is 17.8 Å². The smallest absolute Gasteiger partial charge is 0.354 e. The van der Waals surface area contributed by atoms with Gasteiger partial charge in [0.2, 0.25) is 0 Å². The van der Waals surface area contributed by atoms with Crippen molar-refractivity contribution in [3.8, 4) is 5.75 Å². The van der Waals surface area contributed by atoms with Crippen LogP contribution in [-0.2, 0) is 14.3 Å². The number of carbonyl (C=O) groups excluding carboxylic acids is 2. The number of rotatable bonds is 3. The molecule has 2 atom stereocenters. The van der Waals surface area contributed by atoms with Crippen LogP contribution in [0.25, 0.3) is 0 Å².